The Hall–Kier alpha value is -5.00. The number of carbonyl (C=O) groups is 3. The summed E-state index contributed by atoms with van der Waals surface area (Å²) in [5, 5.41) is 22.6. The highest BCUT2D eigenvalue weighted by atomic mass is 35.5. The second-order valence-electron chi connectivity index (χ2n) is 13.0. The van der Waals surface area contributed by atoms with E-state index in [-0.39, 0.29) is 50.4 Å². The number of pyridine rings is 1. The van der Waals surface area contributed by atoms with Gasteiger partial charge in [0.15, 0.2) is 5.82 Å². The highest BCUT2D eigenvalue weighted by Crippen LogP contribution is 2.39. The predicted molar refractivity (Wildman–Crippen MR) is 221 cm³/mol. The Morgan fingerprint density at radius 1 is 0.929 bits per heavy atom. The number of amides is 3. The van der Waals surface area contributed by atoms with E-state index in [2.05, 4.69) is 62.6 Å². The molecule has 5 heterocycles. The zero-order chi connectivity index (χ0) is 39.3. The van der Waals surface area contributed by atoms with E-state index in [0.717, 1.165) is 38.2 Å². The van der Waals surface area contributed by atoms with E-state index in [1.807, 2.05) is 41.1 Å². The van der Waals surface area contributed by atoms with E-state index >= 15 is 0 Å². The molecule has 1 aliphatic heterocycles. The highest BCUT2D eigenvalue weighted by molar-refractivity contribution is 7.80. The van der Waals surface area contributed by atoms with E-state index < -0.39 is 6.04 Å². The molecule has 4 aromatic heterocycles. The number of ether oxygens (including phenoxy) is 1. The summed E-state index contributed by atoms with van der Waals surface area (Å²) in [6, 6.07) is 12.0. The molecule has 0 fully saturated rings. The van der Waals surface area contributed by atoms with E-state index in [4.69, 9.17) is 21.3 Å². The normalized spacial score (nSPS) is 13.4. The molecule has 6 aromatic rings. The number of hydrogen-bond donors (Lipinski definition) is 4. The van der Waals surface area contributed by atoms with Crippen LogP contribution in [0.4, 0.5) is 0 Å². The first-order valence-corrected chi connectivity index (χ1v) is 20.4. The van der Waals surface area contributed by atoms with Gasteiger partial charge in [0.2, 0.25) is 5.91 Å². The minimum atomic E-state index is -0.580. The molecule has 0 unspecified atom stereocenters. The van der Waals surface area contributed by atoms with Crippen molar-refractivity contribution in [2.75, 3.05) is 32.8 Å². The van der Waals surface area contributed by atoms with Gasteiger partial charge >= 0.3 is 0 Å². The fraction of sp³-hybridized carbons (Fsp3) is 0.282. The molecule has 2 aromatic carbocycles. The third kappa shape index (κ3) is 8.69. The van der Waals surface area contributed by atoms with Crippen molar-refractivity contribution in [2.24, 2.45) is 4.99 Å². The number of thiophene rings is 1. The van der Waals surface area contributed by atoms with Gasteiger partial charge in [-0.15, -0.1) is 45.5 Å². The molecule has 0 spiro atoms. The number of fused-ring (bicyclic) bond motifs is 4. The van der Waals surface area contributed by atoms with Crippen molar-refractivity contribution >= 4 is 81.2 Å². The summed E-state index contributed by atoms with van der Waals surface area (Å²) < 4.78 is 7.72. The van der Waals surface area contributed by atoms with Gasteiger partial charge in [-0.3, -0.25) is 28.9 Å². The number of nitrogens with one attached hydrogen (secondary N) is 3. The summed E-state index contributed by atoms with van der Waals surface area (Å²) in [6.07, 6.45) is 3.93. The average molecular weight is 828 g/mol. The van der Waals surface area contributed by atoms with Crippen molar-refractivity contribution in [2.45, 2.75) is 44.6 Å². The number of thiazole rings is 1. The van der Waals surface area contributed by atoms with Gasteiger partial charge in [0, 0.05) is 80.7 Å². The van der Waals surface area contributed by atoms with Crippen LogP contribution in [0.3, 0.4) is 0 Å². The fourth-order valence-electron chi connectivity index (χ4n) is 6.33. The Kier molecular flexibility index (Phi) is 12.2. The molecule has 0 radical (unpaired) electrons. The lowest BCUT2D eigenvalue weighted by Gasteiger charge is -2.13. The molecule has 17 heteroatoms. The number of aryl methyl sites for hydroxylation is 2. The summed E-state index contributed by atoms with van der Waals surface area (Å²) in [7, 11) is 0. The lowest BCUT2D eigenvalue weighted by atomic mass is 9.99. The maximum atomic E-state index is 13.3. The molecular weight excluding hydrogens is 790 g/mol. The molecule has 13 nitrogen and oxygen atoms in total. The van der Waals surface area contributed by atoms with Crippen molar-refractivity contribution in [3.05, 3.63) is 115 Å². The zero-order valence-electron chi connectivity index (χ0n) is 30.8. The van der Waals surface area contributed by atoms with Crippen LogP contribution in [0.5, 0.6) is 0 Å². The van der Waals surface area contributed by atoms with E-state index in [9.17, 15) is 14.4 Å². The van der Waals surface area contributed by atoms with Crippen molar-refractivity contribution in [1.82, 2.24) is 40.7 Å². The third-order valence-electron chi connectivity index (χ3n) is 9.23. The number of rotatable bonds is 14. The van der Waals surface area contributed by atoms with Crippen LogP contribution in [0.2, 0.25) is 5.02 Å². The van der Waals surface area contributed by atoms with E-state index in [1.165, 1.54) is 22.4 Å². The largest absolute Gasteiger partial charge is 0.378 e. The standard InChI is InChI=1S/C39H38ClN9O4S3/c1-21-22(2)56-39-33(21)35(24-4-6-28(40)7-5-24)46-29(36-48-47-23(3)49(36)39)19-31(50)41-10-13-53-14-11-44-37(51)26-16-25-17-27(20-45-34(25)30(54)18-26)38(52)43-9-8-32-42-12-15-55-32/h4-7,12,15-18,20,29,54H,8-11,13-14,19H2,1-3H3,(H,41,50)(H,43,52)(H,44,51)/t29-/m0/s1. The van der Waals surface area contributed by atoms with Crippen molar-refractivity contribution in [1.29, 1.82) is 0 Å². The summed E-state index contributed by atoms with van der Waals surface area (Å²) in [4.78, 5) is 54.5. The molecule has 0 saturated heterocycles. The van der Waals surface area contributed by atoms with Crippen LogP contribution in [0.15, 0.2) is 70.1 Å². The lowest BCUT2D eigenvalue weighted by molar-refractivity contribution is -0.121. The van der Waals surface area contributed by atoms with E-state index in [0.29, 0.717) is 50.7 Å². The maximum absolute atomic E-state index is 13.3. The number of aromatic nitrogens is 5. The minimum absolute atomic E-state index is 0.0616. The molecule has 1 atom stereocenters. The first kappa shape index (κ1) is 39.2. The first-order valence-electron chi connectivity index (χ1n) is 17.9. The molecule has 288 valence electrons. The van der Waals surface area contributed by atoms with Gasteiger partial charge in [-0.2, -0.15) is 0 Å². The molecule has 3 amide bonds. The molecule has 1 aliphatic rings. The quantitative estimate of drug-likeness (QED) is 0.0765. The fourth-order valence-corrected chi connectivity index (χ4v) is 8.62. The van der Waals surface area contributed by atoms with Gasteiger partial charge < -0.3 is 20.7 Å². The van der Waals surface area contributed by atoms with Gasteiger partial charge in [0.25, 0.3) is 11.8 Å². The Labute approximate surface area is 341 Å². The summed E-state index contributed by atoms with van der Waals surface area (Å²) in [5.41, 5.74) is 5.14. The van der Waals surface area contributed by atoms with Crippen LogP contribution >= 0.6 is 46.9 Å². The highest BCUT2D eigenvalue weighted by Gasteiger charge is 2.32. The first-order chi connectivity index (χ1) is 27.1. The Morgan fingerprint density at radius 2 is 1.66 bits per heavy atom. The van der Waals surface area contributed by atoms with Crippen molar-refractivity contribution < 1.29 is 19.1 Å². The molecular formula is C39H38ClN9O4S3. The number of carbonyl (C=O) groups excluding carboxylic acids is 3. The smallest absolute Gasteiger partial charge is 0.252 e. The van der Waals surface area contributed by atoms with Crippen LogP contribution in [-0.4, -0.2) is 81.0 Å². The lowest BCUT2D eigenvalue weighted by Crippen LogP contribution is -2.31. The Balaban J connectivity index is 0.905. The number of hydrogen-bond acceptors (Lipinski definition) is 12. The van der Waals surface area contributed by atoms with Crippen LogP contribution < -0.4 is 16.0 Å². The van der Waals surface area contributed by atoms with Crippen LogP contribution in [0, 0.1) is 20.8 Å². The molecule has 0 bridgehead atoms. The maximum Gasteiger partial charge on any atom is 0.252 e. The van der Waals surface area contributed by atoms with Gasteiger partial charge in [0.05, 0.1) is 41.4 Å². The Bertz CT molecular complexity index is 2450. The predicted octanol–water partition coefficient (Wildman–Crippen LogP) is 6.02. The van der Waals surface area contributed by atoms with Gasteiger partial charge in [-0.25, -0.2) is 4.98 Å². The second kappa shape index (κ2) is 17.4. The second-order valence-corrected chi connectivity index (χ2v) is 16.2. The van der Waals surface area contributed by atoms with Crippen LogP contribution in [-0.2, 0) is 16.0 Å². The number of benzene rings is 2. The van der Waals surface area contributed by atoms with Gasteiger partial charge in [0.1, 0.15) is 16.9 Å². The summed E-state index contributed by atoms with van der Waals surface area (Å²) >= 11 is 13.9. The molecule has 56 heavy (non-hydrogen) atoms. The number of halogens is 1. The number of thiol groups is 1. The molecule has 7 rings (SSSR count). The van der Waals surface area contributed by atoms with Crippen molar-refractivity contribution in [3.8, 4) is 5.00 Å². The van der Waals surface area contributed by atoms with E-state index in [1.54, 1.807) is 35.7 Å². The third-order valence-corrected chi connectivity index (χ3v) is 11.9. The topological polar surface area (TPSA) is 165 Å². The molecule has 3 N–H and O–H groups in total. The molecule has 0 saturated carbocycles. The van der Waals surface area contributed by atoms with Gasteiger partial charge in [-0.05, 0) is 56.7 Å². The minimum Gasteiger partial charge on any atom is -0.378 e. The van der Waals surface area contributed by atoms with Crippen LogP contribution in [0.1, 0.15) is 71.4 Å². The molecule has 0 aliphatic carbocycles. The van der Waals surface area contributed by atoms with Crippen LogP contribution in [0.25, 0.3) is 15.9 Å². The summed E-state index contributed by atoms with van der Waals surface area (Å²) in [5.74, 6) is 0.539. The summed E-state index contributed by atoms with van der Waals surface area (Å²) in [6.45, 7) is 7.51. The number of nitrogens with zero attached hydrogens (tertiary/aromatic N) is 6. The van der Waals surface area contributed by atoms with Crippen molar-refractivity contribution in [3.63, 3.8) is 0 Å². The average Bonchev–Trinajstić information content (AvgIpc) is 3.90. The number of aliphatic imine (C=N–C) groups is 1. The zero-order valence-corrected chi connectivity index (χ0v) is 34.0. The SMILES string of the molecule is Cc1sc2c(c1C)C(c1ccc(Cl)cc1)=N[C@@H](CC(=O)NCCOCCNC(=O)c1cc(S)c3ncc(C(=O)NCCc4nccs4)cc3c1)c1nnc(C)n1-2. The van der Waals surface area contributed by atoms with Gasteiger partial charge in [-0.1, -0.05) is 23.7 Å². The Morgan fingerprint density at radius 3 is 2.43 bits per heavy atom. The monoisotopic (exact) mass is 827 g/mol.